The van der Waals surface area contributed by atoms with Crippen LogP contribution >= 0.6 is 0 Å². The van der Waals surface area contributed by atoms with E-state index < -0.39 is 0 Å². The van der Waals surface area contributed by atoms with Crippen LogP contribution in [0, 0.1) is 5.92 Å². The molecule has 0 radical (unpaired) electrons. The number of benzene rings is 1. The van der Waals surface area contributed by atoms with Crippen molar-refractivity contribution in [2.45, 2.75) is 25.4 Å². The van der Waals surface area contributed by atoms with Gasteiger partial charge in [-0.05, 0) is 18.2 Å². The van der Waals surface area contributed by atoms with E-state index >= 15 is 0 Å². The lowest BCUT2D eigenvalue weighted by atomic mass is 10.0. The fraction of sp³-hybridized carbons (Fsp3) is 0.412. The van der Waals surface area contributed by atoms with E-state index in [4.69, 9.17) is 0 Å². The van der Waals surface area contributed by atoms with Crippen LogP contribution in [0.2, 0.25) is 0 Å². The maximum absolute atomic E-state index is 12.7. The Morgan fingerprint density at radius 2 is 2.14 bits per heavy atom. The summed E-state index contributed by atoms with van der Waals surface area (Å²) in [6, 6.07) is 7.78. The van der Waals surface area contributed by atoms with Gasteiger partial charge >= 0.3 is 0 Å². The molecule has 4 heteroatoms. The molecule has 1 N–H and O–H groups in total. The summed E-state index contributed by atoms with van der Waals surface area (Å²) in [6.07, 6.45) is 6.02. The molecule has 1 aliphatic carbocycles. The summed E-state index contributed by atoms with van der Waals surface area (Å²) >= 11 is 0. The molecule has 1 aliphatic rings. The van der Waals surface area contributed by atoms with Crippen molar-refractivity contribution in [1.82, 2.24) is 9.88 Å². The zero-order valence-electron chi connectivity index (χ0n) is 12.2. The van der Waals surface area contributed by atoms with Crippen LogP contribution in [0.4, 0.5) is 0 Å². The van der Waals surface area contributed by atoms with Gasteiger partial charge in [0.2, 0.25) is 0 Å². The summed E-state index contributed by atoms with van der Waals surface area (Å²) in [5.41, 5.74) is 0.628. The van der Waals surface area contributed by atoms with E-state index in [0.717, 1.165) is 30.0 Å². The number of carbonyl (C=O) groups is 1. The van der Waals surface area contributed by atoms with Crippen LogP contribution < -0.4 is 0 Å². The van der Waals surface area contributed by atoms with E-state index in [1.807, 2.05) is 24.3 Å². The second-order valence-corrected chi connectivity index (χ2v) is 5.85. The predicted molar refractivity (Wildman–Crippen MR) is 82.1 cm³/mol. The topological polar surface area (TPSA) is 53.4 Å². The third kappa shape index (κ3) is 2.76. The van der Waals surface area contributed by atoms with Crippen molar-refractivity contribution >= 4 is 16.7 Å². The van der Waals surface area contributed by atoms with Crippen LogP contribution in [-0.4, -0.2) is 40.6 Å². The molecule has 2 atom stereocenters. The molecule has 3 rings (SSSR count). The van der Waals surface area contributed by atoms with Gasteiger partial charge in [-0.3, -0.25) is 9.78 Å². The summed E-state index contributed by atoms with van der Waals surface area (Å²) < 4.78 is 0. The van der Waals surface area contributed by atoms with Gasteiger partial charge in [-0.1, -0.05) is 30.7 Å². The van der Waals surface area contributed by atoms with Gasteiger partial charge in [-0.15, -0.1) is 0 Å². The molecule has 2 unspecified atom stereocenters. The Bertz CT molecular complexity index is 651. The molecular weight excluding hydrogens is 264 g/mol. The lowest BCUT2D eigenvalue weighted by molar-refractivity contribution is 0.0695. The Morgan fingerprint density at radius 1 is 1.33 bits per heavy atom. The largest absolute Gasteiger partial charge is 0.393 e. The first-order chi connectivity index (χ1) is 10.2. The number of fused-ring (bicyclic) bond motifs is 1. The zero-order chi connectivity index (χ0) is 14.8. The molecule has 0 spiro atoms. The highest BCUT2D eigenvalue weighted by Crippen LogP contribution is 2.27. The van der Waals surface area contributed by atoms with Crippen LogP contribution in [0.3, 0.4) is 0 Å². The van der Waals surface area contributed by atoms with Crippen molar-refractivity contribution < 1.29 is 9.90 Å². The minimum Gasteiger partial charge on any atom is -0.393 e. The smallest absolute Gasteiger partial charge is 0.255 e. The van der Waals surface area contributed by atoms with Crippen LogP contribution in [-0.2, 0) is 0 Å². The number of hydrogen-bond acceptors (Lipinski definition) is 3. The van der Waals surface area contributed by atoms with E-state index in [-0.39, 0.29) is 17.9 Å². The van der Waals surface area contributed by atoms with Gasteiger partial charge in [-0.2, -0.15) is 0 Å². The number of nitrogens with zero attached hydrogens (tertiary/aromatic N) is 2. The Hall–Kier alpha value is -1.94. The maximum atomic E-state index is 12.7. The molecule has 0 saturated heterocycles. The van der Waals surface area contributed by atoms with E-state index in [1.54, 1.807) is 24.3 Å². The Morgan fingerprint density at radius 3 is 2.90 bits per heavy atom. The van der Waals surface area contributed by atoms with Gasteiger partial charge in [0.25, 0.3) is 5.91 Å². The van der Waals surface area contributed by atoms with Crippen LogP contribution in [0.25, 0.3) is 10.8 Å². The summed E-state index contributed by atoms with van der Waals surface area (Å²) in [5.74, 6) is 0.167. The molecule has 1 fully saturated rings. The van der Waals surface area contributed by atoms with Crippen molar-refractivity contribution in [2.24, 2.45) is 5.92 Å². The minimum absolute atomic E-state index is 0.0293. The molecule has 110 valence electrons. The molecule has 1 aromatic heterocycles. The summed E-state index contributed by atoms with van der Waals surface area (Å²) in [5, 5.41) is 11.8. The normalized spacial score (nSPS) is 21.6. The second kappa shape index (κ2) is 5.82. The maximum Gasteiger partial charge on any atom is 0.255 e. The summed E-state index contributed by atoms with van der Waals surface area (Å²) in [4.78, 5) is 18.5. The molecule has 21 heavy (non-hydrogen) atoms. The Balaban J connectivity index is 1.83. The SMILES string of the molecule is CN(CC1CCCC1O)C(=O)c1cncc2ccccc12. The van der Waals surface area contributed by atoms with E-state index in [9.17, 15) is 9.90 Å². The Kier molecular flexibility index (Phi) is 3.88. The molecule has 4 nitrogen and oxygen atoms in total. The number of aromatic nitrogens is 1. The highest BCUT2D eigenvalue weighted by molar-refractivity contribution is 6.06. The molecule has 2 aromatic rings. The number of aliphatic hydroxyl groups excluding tert-OH is 1. The van der Waals surface area contributed by atoms with Gasteiger partial charge < -0.3 is 10.0 Å². The van der Waals surface area contributed by atoms with Crippen LogP contribution in [0.15, 0.2) is 36.7 Å². The predicted octanol–water partition coefficient (Wildman–Crippen LogP) is 2.47. The lowest BCUT2D eigenvalue weighted by Gasteiger charge is -2.23. The number of aliphatic hydroxyl groups is 1. The fourth-order valence-corrected chi connectivity index (χ4v) is 3.16. The molecule has 1 saturated carbocycles. The summed E-state index contributed by atoms with van der Waals surface area (Å²) in [6.45, 7) is 0.600. The van der Waals surface area contributed by atoms with Crippen molar-refractivity contribution in [3.05, 3.63) is 42.2 Å². The van der Waals surface area contributed by atoms with Crippen molar-refractivity contribution in [3.8, 4) is 0 Å². The number of pyridine rings is 1. The van der Waals surface area contributed by atoms with E-state index in [1.165, 1.54) is 0 Å². The van der Waals surface area contributed by atoms with E-state index in [2.05, 4.69) is 4.98 Å². The number of rotatable bonds is 3. The third-order valence-corrected chi connectivity index (χ3v) is 4.37. The van der Waals surface area contributed by atoms with Gasteiger partial charge in [0.05, 0.1) is 11.7 Å². The number of amides is 1. The second-order valence-electron chi connectivity index (χ2n) is 5.85. The van der Waals surface area contributed by atoms with Gasteiger partial charge in [0.15, 0.2) is 0 Å². The molecule has 1 amide bonds. The quantitative estimate of drug-likeness (QED) is 0.942. The van der Waals surface area contributed by atoms with Crippen molar-refractivity contribution in [2.75, 3.05) is 13.6 Å². The minimum atomic E-state index is -0.272. The number of hydrogen-bond donors (Lipinski definition) is 1. The highest BCUT2D eigenvalue weighted by Gasteiger charge is 2.28. The Labute approximate surface area is 124 Å². The van der Waals surface area contributed by atoms with E-state index in [0.29, 0.717) is 12.1 Å². The zero-order valence-corrected chi connectivity index (χ0v) is 12.2. The molecule has 1 aromatic carbocycles. The lowest BCUT2D eigenvalue weighted by Crippen LogP contribution is -2.34. The van der Waals surface area contributed by atoms with Gasteiger partial charge in [0.1, 0.15) is 0 Å². The standard InChI is InChI=1S/C17H20N2O2/c1-19(11-13-6-4-8-16(13)20)17(21)15-10-18-9-12-5-2-3-7-14(12)15/h2-3,5,7,9-10,13,16,20H,4,6,8,11H2,1H3. The van der Waals surface area contributed by atoms with Crippen molar-refractivity contribution in [3.63, 3.8) is 0 Å². The first kappa shape index (κ1) is 14.0. The average Bonchev–Trinajstić information content (AvgIpc) is 2.91. The molecule has 0 bridgehead atoms. The fourth-order valence-electron chi connectivity index (χ4n) is 3.16. The van der Waals surface area contributed by atoms with Crippen LogP contribution in [0.5, 0.6) is 0 Å². The van der Waals surface area contributed by atoms with Gasteiger partial charge in [0, 0.05) is 37.3 Å². The first-order valence-electron chi connectivity index (χ1n) is 7.43. The average molecular weight is 284 g/mol. The molecule has 1 heterocycles. The highest BCUT2D eigenvalue weighted by atomic mass is 16.3. The summed E-state index contributed by atoms with van der Waals surface area (Å²) in [7, 11) is 1.80. The monoisotopic (exact) mass is 284 g/mol. The van der Waals surface area contributed by atoms with Crippen LogP contribution in [0.1, 0.15) is 29.6 Å². The molecular formula is C17H20N2O2. The third-order valence-electron chi connectivity index (χ3n) is 4.37. The van der Waals surface area contributed by atoms with Crippen molar-refractivity contribution in [1.29, 1.82) is 0 Å². The van der Waals surface area contributed by atoms with Gasteiger partial charge in [-0.25, -0.2) is 0 Å². The molecule has 0 aliphatic heterocycles. The first-order valence-corrected chi connectivity index (χ1v) is 7.43. The number of carbonyl (C=O) groups excluding carboxylic acids is 1.